The predicted molar refractivity (Wildman–Crippen MR) is 49.4 cm³/mol. The first-order valence-electron chi connectivity index (χ1n) is 4.17. The molecule has 0 atom stereocenters. The summed E-state index contributed by atoms with van der Waals surface area (Å²) in [6.07, 6.45) is 0. The van der Waals surface area contributed by atoms with Gasteiger partial charge in [-0.05, 0) is 6.07 Å². The van der Waals surface area contributed by atoms with E-state index in [-0.39, 0.29) is 18.9 Å². The van der Waals surface area contributed by atoms with Crippen LogP contribution in [0.2, 0.25) is 0 Å². The Labute approximate surface area is 85.1 Å². The van der Waals surface area contributed by atoms with Crippen molar-refractivity contribution in [1.29, 1.82) is 0 Å². The van der Waals surface area contributed by atoms with E-state index in [1.54, 1.807) is 0 Å². The van der Waals surface area contributed by atoms with Crippen LogP contribution in [-0.4, -0.2) is 41.0 Å². The van der Waals surface area contributed by atoms with Crippen LogP contribution < -0.4 is 0 Å². The van der Waals surface area contributed by atoms with Crippen LogP contribution in [0.15, 0.2) is 16.5 Å². The Bertz CT molecular complexity index is 373. The van der Waals surface area contributed by atoms with Gasteiger partial charge in [0.25, 0.3) is 5.91 Å². The summed E-state index contributed by atoms with van der Waals surface area (Å²) in [5, 5.41) is 18.9. The molecule has 0 bridgehead atoms. The van der Waals surface area contributed by atoms with Gasteiger partial charge in [0.15, 0.2) is 5.76 Å². The molecule has 0 aromatic carbocycles. The maximum absolute atomic E-state index is 11.5. The smallest absolute Gasteiger partial charge is 0.395 e. The van der Waals surface area contributed by atoms with Gasteiger partial charge in [-0.3, -0.25) is 14.9 Å². The van der Waals surface area contributed by atoms with Crippen molar-refractivity contribution in [3.05, 3.63) is 28.0 Å². The van der Waals surface area contributed by atoms with Crippen LogP contribution in [0.3, 0.4) is 0 Å². The van der Waals surface area contributed by atoms with Crippen molar-refractivity contribution < 1.29 is 19.2 Å². The third kappa shape index (κ3) is 2.53. The number of nitrogens with zero attached hydrogens (tertiary/aromatic N) is 2. The molecule has 7 nitrogen and oxygen atoms in total. The number of carbonyl (C=O) groups excluding carboxylic acids is 1. The Morgan fingerprint density at radius 3 is 2.80 bits per heavy atom. The van der Waals surface area contributed by atoms with Gasteiger partial charge in [-0.25, -0.2) is 0 Å². The highest BCUT2D eigenvalue weighted by molar-refractivity contribution is 5.91. The minimum atomic E-state index is -0.719. The zero-order chi connectivity index (χ0) is 11.4. The summed E-state index contributed by atoms with van der Waals surface area (Å²) in [7, 11) is 1.47. The molecule has 0 unspecified atom stereocenters. The SMILES string of the molecule is CN(CCO)C(=O)c1ccc([N+](=O)[O-])o1. The van der Waals surface area contributed by atoms with Gasteiger partial charge in [-0.15, -0.1) is 0 Å². The standard InChI is InChI=1S/C8H10N2O5/c1-9(4-5-11)8(12)6-2-3-7(15-6)10(13)14/h2-3,11H,4-5H2,1H3. The van der Waals surface area contributed by atoms with E-state index in [2.05, 4.69) is 0 Å². The summed E-state index contributed by atoms with van der Waals surface area (Å²) in [5.74, 6) is -1.09. The fourth-order valence-electron chi connectivity index (χ4n) is 0.980. The molecule has 0 saturated heterocycles. The molecule has 0 aliphatic rings. The lowest BCUT2D eigenvalue weighted by Crippen LogP contribution is -2.29. The van der Waals surface area contributed by atoms with E-state index in [1.807, 2.05) is 0 Å². The Morgan fingerprint density at radius 2 is 2.33 bits per heavy atom. The molecule has 0 aliphatic carbocycles. The lowest BCUT2D eigenvalue weighted by atomic mass is 10.4. The van der Waals surface area contributed by atoms with Gasteiger partial charge in [0, 0.05) is 13.6 Å². The lowest BCUT2D eigenvalue weighted by molar-refractivity contribution is -0.402. The molecule has 15 heavy (non-hydrogen) atoms. The van der Waals surface area contributed by atoms with Crippen LogP contribution in [0.5, 0.6) is 0 Å². The zero-order valence-corrected chi connectivity index (χ0v) is 8.04. The van der Waals surface area contributed by atoms with Crippen molar-refractivity contribution in [1.82, 2.24) is 4.90 Å². The Balaban J connectivity index is 2.78. The van der Waals surface area contributed by atoms with Crippen molar-refractivity contribution in [2.24, 2.45) is 0 Å². The minimum Gasteiger partial charge on any atom is -0.395 e. The van der Waals surface area contributed by atoms with Gasteiger partial charge in [-0.2, -0.15) is 0 Å². The molecule has 0 fully saturated rings. The topological polar surface area (TPSA) is 96.8 Å². The highest BCUT2D eigenvalue weighted by atomic mass is 16.6. The van der Waals surface area contributed by atoms with Gasteiger partial charge in [0.1, 0.15) is 4.92 Å². The maximum atomic E-state index is 11.5. The highest BCUT2D eigenvalue weighted by Crippen LogP contribution is 2.16. The second-order valence-corrected chi connectivity index (χ2v) is 2.85. The second kappa shape index (κ2) is 4.56. The zero-order valence-electron chi connectivity index (χ0n) is 8.04. The molecule has 82 valence electrons. The number of furan rings is 1. The molecule has 0 saturated carbocycles. The predicted octanol–water partition coefficient (Wildman–Crippen LogP) is 0.252. The number of hydrogen-bond acceptors (Lipinski definition) is 5. The molecule has 1 heterocycles. The summed E-state index contributed by atoms with van der Waals surface area (Å²) in [5.41, 5.74) is 0. The number of rotatable bonds is 4. The Kier molecular flexibility index (Phi) is 3.40. The van der Waals surface area contributed by atoms with Crippen LogP contribution in [0, 0.1) is 10.1 Å². The fourth-order valence-corrected chi connectivity index (χ4v) is 0.980. The van der Waals surface area contributed by atoms with Gasteiger partial charge < -0.3 is 14.4 Å². The number of aliphatic hydroxyl groups excluding tert-OH is 1. The van der Waals surface area contributed by atoms with Crippen LogP contribution in [0.25, 0.3) is 0 Å². The fraction of sp³-hybridized carbons (Fsp3) is 0.375. The van der Waals surface area contributed by atoms with Crippen LogP contribution in [0.1, 0.15) is 10.6 Å². The normalized spacial score (nSPS) is 10.0. The maximum Gasteiger partial charge on any atom is 0.433 e. The van der Waals surface area contributed by atoms with Crippen molar-refractivity contribution in [3.63, 3.8) is 0 Å². The quantitative estimate of drug-likeness (QED) is 0.572. The first-order chi connectivity index (χ1) is 7.06. The third-order valence-corrected chi connectivity index (χ3v) is 1.76. The summed E-state index contributed by atoms with van der Waals surface area (Å²) in [6.45, 7) is -0.0294. The molecular weight excluding hydrogens is 204 g/mol. The first-order valence-corrected chi connectivity index (χ1v) is 4.17. The van der Waals surface area contributed by atoms with Crippen molar-refractivity contribution in [2.75, 3.05) is 20.2 Å². The number of aliphatic hydroxyl groups is 1. The van der Waals surface area contributed by atoms with Gasteiger partial charge >= 0.3 is 5.88 Å². The molecule has 1 rings (SSSR count). The molecular formula is C8H10N2O5. The van der Waals surface area contributed by atoms with E-state index in [9.17, 15) is 14.9 Å². The van der Waals surface area contributed by atoms with E-state index in [0.717, 1.165) is 6.07 Å². The summed E-state index contributed by atoms with van der Waals surface area (Å²) in [6, 6.07) is 2.34. The van der Waals surface area contributed by atoms with E-state index >= 15 is 0 Å². The van der Waals surface area contributed by atoms with E-state index in [1.165, 1.54) is 18.0 Å². The molecule has 7 heteroatoms. The molecule has 1 N–H and O–H groups in total. The average Bonchev–Trinajstić information content (AvgIpc) is 2.65. The monoisotopic (exact) mass is 214 g/mol. The Morgan fingerprint density at radius 1 is 1.67 bits per heavy atom. The number of nitro groups is 1. The van der Waals surface area contributed by atoms with Crippen LogP contribution >= 0.6 is 0 Å². The Hall–Kier alpha value is -1.89. The van der Waals surface area contributed by atoms with Gasteiger partial charge in [0.2, 0.25) is 0 Å². The largest absolute Gasteiger partial charge is 0.433 e. The average molecular weight is 214 g/mol. The molecule has 0 aliphatic heterocycles. The van der Waals surface area contributed by atoms with Crippen LogP contribution in [0.4, 0.5) is 5.88 Å². The first kappa shape index (κ1) is 11.2. The second-order valence-electron chi connectivity index (χ2n) is 2.85. The molecule has 1 amide bonds. The molecule has 0 spiro atoms. The third-order valence-electron chi connectivity index (χ3n) is 1.76. The van der Waals surface area contributed by atoms with E-state index < -0.39 is 16.7 Å². The van der Waals surface area contributed by atoms with Gasteiger partial charge in [0.05, 0.1) is 12.7 Å². The molecule has 1 aromatic rings. The summed E-state index contributed by atoms with van der Waals surface area (Å²) in [4.78, 5) is 22.2. The summed E-state index contributed by atoms with van der Waals surface area (Å²) < 4.78 is 4.70. The summed E-state index contributed by atoms with van der Waals surface area (Å²) >= 11 is 0. The van der Waals surface area contributed by atoms with Gasteiger partial charge in [-0.1, -0.05) is 0 Å². The number of amides is 1. The minimum absolute atomic E-state index is 0.113. The van der Waals surface area contributed by atoms with Crippen LogP contribution in [-0.2, 0) is 0 Å². The lowest BCUT2D eigenvalue weighted by Gasteiger charge is -2.12. The van der Waals surface area contributed by atoms with E-state index in [4.69, 9.17) is 9.52 Å². The molecule has 1 aromatic heterocycles. The highest BCUT2D eigenvalue weighted by Gasteiger charge is 2.19. The van der Waals surface area contributed by atoms with Crippen molar-refractivity contribution >= 4 is 11.8 Å². The number of likely N-dealkylation sites (N-methyl/N-ethyl adjacent to an activating group) is 1. The number of carbonyl (C=O) groups is 1. The van der Waals surface area contributed by atoms with Crippen molar-refractivity contribution in [2.45, 2.75) is 0 Å². The van der Waals surface area contributed by atoms with Crippen molar-refractivity contribution in [3.8, 4) is 0 Å². The van der Waals surface area contributed by atoms with E-state index in [0.29, 0.717) is 0 Å². The molecule has 0 radical (unpaired) electrons. The number of hydrogen-bond donors (Lipinski definition) is 1.